The number of aromatic amines is 1. The van der Waals surface area contributed by atoms with Gasteiger partial charge in [-0.05, 0) is 24.3 Å². The molecule has 8 heteroatoms. The van der Waals surface area contributed by atoms with Crippen LogP contribution in [0.1, 0.15) is 10.5 Å². The minimum atomic E-state index is -0.472. The van der Waals surface area contributed by atoms with Gasteiger partial charge in [-0.25, -0.2) is 4.39 Å². The van der Waals surface area contributed by atoms with E-state index < -0.39 is 10.7 Å². The van der Waals surface area contributed by atoms with Crippen molar-refractivity contribution in [2.75, 3.05) is 18.4 Å². The van der Waals surface area contributed by atoms with E-state index in [1.807, 2.05) is 0 Å². The number of nitro benzene ring substituents is 1. The Kier molecular flexibility index (Phi) is 4.60. The van der Waals surface area contributed by atoms with Crippen LogP contribution in [0.15, 0.2) is 48.5 Å². The third-order valence-corrected chi connectivity index (χ3v) is 3.68. The van der Waals surface area contributed by atoms with Crippen molar-refractivity contribution in [3.63, 3.8) is 0 Å². The predicted molar refractivity (Wildman–Crippen MR) is 92.2 cm³/mol. The Morgan fingerprint density at radius 1 is 1.16 bits per heavy atom. The topological polar surface area (TPSA) is 100 Å². The van der Waals surface area contributed by atoms with Gasteiger partial charge in [-0.1, -0.05) is 18.2 Å². The fourth-order valence-corrected chi connectivity index (χ4v) is 2.49. The van der Waals surface area contributed by atoms with Crippen molar-refractivity contribution in [3.8, 4) is 0 Å². The molecular weight excluding hydrogens is 327 g/mol. The molecule has 0 spiro atoms. The van der Waals surface area contributed by atoms with Crippen molar-refractivity contribution in [2.45, 2.75) is 0 Å². The molecule has 0 saturated heterocycles. The summed E-state index contributed by atoms with van der Waals surface area (Å²) in [7, 11) is 0. The van der Waals surface area contributed by atoms with Crippen LogP contribution in [0.5, 0.6) is 0 Å². The van der Waals surface area contributed by atoms with Crippen molar-refractivity contribution >= 4 is 28.2 Å². The molecule has 0 aliphatic heterocycles. The molecule has 3 aromatic rings. The Labute approximate surface area is 142 Å². The zero-order chi connectivity index (χ0) is 17.8. The minimum Gasteiger partial charge on any atom is -0.378 e. The number of nitro groups is 1. The molecule has 0 aliphatic rings. The van der Waals surface area contributed by atoms with Crippen LogP contribution in [0.4, 0.5) is 15.8 Å². The summed E-state index contributed by atoms with van der Waals surface area (Å²) < 4.78 is 13.6. The van der Waals surface area contributed by atoms with Crippen LogP contribution < -0.4 is 10.6 Å². The Hall–Kier alpha value is -3.42. The van der Waals surface area contributed by atoms with Crippen molar-refractivity contribution in [1.82, 2.24) is 10.3 Å². The standard InChI is InChI=1S/C17H15FN4O3/c18-12-4-3-6-13-11(12)10-15(21-13)17(23)20-9-8-19-14-5-1-2-7-16(14)22(24)25/h1-7,10,19,21H,8-9H2,(H,20,23). The summed E-state index contributed by atoms with van der Waals surface area (Å²) >= 11 is 0. The maximum Gasteiger partial charge on any atom is 0.292 e. The van der Waals surface area contributed by atoms with Crippen LogP contribution in [0.25, 0.3) is 10.9 Å². The monoisotopic (exact) mass is 342 g/mol. The SMILES string of the molecule is O=C(NCCNc1ccccc1[N+](=O)[O-])c1cc2c(F)cccc2[nH]1. The van der Waals surface area contributed by atoms with Gasteiger partial charge in [-0.2, -0.15) is 0 Å². The maximum absolute atomic E-state index is 13.6. The van der Waals surface area contributed by atoms with E-state index in [2.05, 4.69) is 15.6 Å². The molecule has 0 atom stereocenters. The number of carbonyl (C=O) groups excluding carboxylic acids is 1. The quantitative estimate of drug-likeness (QED) is 0.364. The number of nitrogens with zero attached hydrogens (tertiary/aromatic N) is 1. The molecular formula is C17H15FN4O3. The molecule has 0 bridgehead atoms. The van der Waals surface area contributed by atoms with Gasteiger partial charge in [0, 0.05) is 30.1 Å². The zero-order valence-corrected chi connectivity index (χ0v) is 13.1. The second kappa shape index (κ2) is 7.00. The number of nitrogens with one attached hydrogen (secondary N) is 3. The van der Waals surface area contributed by atoms with E-state index in [1.165, 1.54) is 18.2 Å². The average Bonchev–Trinajstić information content (AvgIpc) is 3.04. The molecule has 2 aromatic carbocycles. The molecule has 1 aromatic heterocycles. The van der Waals surface area contributed by atoms with E-state index in [-0.39, 0.29) is 23.8 Å². The van der Waals surface area contributed by atoms with Crippen molar-refractivity contribution in [2.24, 2.45) is 0 Å². The molecule has 3 N–H and O–H groups in total. The van der Waals surface area contributed by atoms with Gasteiger partial charge in [0.05, 0.1) is 4.92 Å². The summed E-state index contributed by atoms with van der Waals surface area (Å²) in [6.07, 6.45) is 0. The molecule has 0 aliphatic carbocycles. The molecule has 1 amide bonds. The molecule has 0 fully saturated rings. The summed E-state index contributed by atoms with van der Waals surface area (Å²) in [5.41, 5.74) is 1.16. The van der Waals surface area contributed by atoms with Gasteiger partial charge in [0.2, 0.25) is 0 Å². The van der Waals surface area contributed by atoms with Crippen molar-refractivity contribution < 1.29 is 14.1 Å². The Balaban J connectivity index is 1.58. The first-order valence-corrected chi connectivity index (χ1v) is 7.59. The predicted octanol–water partition coefficient (Wildman–Crippen LogP) is 3.06. The molecule has 7 nitrogen and oxygen atoms in total. The first-order chi connectivity index (χ1) is 12.1. The Morgan fingerprint density at radius 3 is 2.72 bits per heavy atom. The van der Waals surface area contributed by atoms with E-state index in [9.17, 15) is 19.3 Å². The summed E-state index contributed by atoms with van der Waals surface area (Å²) in [6.45, 7) is 0.563. The van der Waals surface area contributed by atoms with Crippen molar-refractivity contribution in [3.05, 3.63) is 70.2 Å². The highest BCUT2D eigenvalue weighted by Gasteiger charge is 2.13. The number of halogens is 1. The first-order valence-electron chi connectivity index (χ1n) is 7.59. The number of H-pyrrole nitrogens is 1. The van der Waals surface area contributed by atoms with Gasteiger partial charge in [0.15, 0.2) is 0 Å². The number of para-hydroxylation sites is 2. The van der Waals surface area contributed by atoms with E-state index in [0.29, 0.717) is 23.1 Å². The van der Waals surface area contributed by atoms with Gasteiger partial charge >= 0.3 is 0 Å². The zero-order valence-electron chi connectivity index (χ0n) is 13.1. The first kappa shape index (κ1) is 16.4. The van der Waals surface area contributed by atoms with E-state index in [1.54, 1.807) is 30.3 Å². The number of benzene rings is 2. The number of hydrogen-bond donors (Lipinski definition) is 3. The highest BCUT2D eigenvalue weighted by molar-refractivity contribution is 5.98. The van der Waals surface area contributed by atoms with E-state index in [4.69, 9.17) is 0 Å². The largest absolute Gasteiger partial charge is 0.378 e. The molecule has 0 radical (unpaired) electrons. The number of aromatic nitrogens is 1. The lowest BCUT2D eigenvalue weighted by molar-refractivity contribution is -0.384. The number of amides is 1. The Morgan fingerprint density at radius 2 is 1.96 bits per heavy atom. The average molecular weight is 342 g/mol. The molecule has 0 unspecified atom stereocenters. The number of rotatable bonds is 6. The van der Waals surface area contributed by atoms with E-state index >= 15 is 0 Å². The molecule has 1 heterocycles. The van der Waals surface area contributed by atoms with E-state index in [0.717, 1.165) is 0 Å². The summed E-state index contributed by atoms with van der Waals surface area (Å²) in [5, 5.41) is 16.9. The van der Waals surface area contributed by atoms with Crippen LogP contribution >= 0.6 is 0 Å². The molecule has 128 valence electrons. The van der Waals surface area contributed by atoms with Gasteiger partial charge in [0.1, 0.15) is 17.2 Å². The lowest BCUT2D eigenvalue weighted by Crippen LogP contribution is -2.29. The lowest BCUT2D eigenvalue weighted by Gasteiger charge is -2.07. The van der Waals surface area contributed by atoms with Crippen LogP contribution in [0, 0.1) is 15.9 Å². The van der Waals surface area contributed by atoms with Gasteiger partial charge in [-0.15, -0.1) is 0 Å². The number of carbonyl (C=O) groups is 1. The number of fused-ring (bicyclic) bond motifs is 1. The third-order valence-electron chi connectivity index (χ3n) is 3.68. The van der Waals surface area contributed by atoms with Crippen LogP contribution in [-0.4, -0.2) is 28.9 Å². The lowest BCUT2D eigenvalue weighted by atomic mass is 10.2. The smallest absolute Gasteiger partial charge is 0.292 e. The molecule has 25 heavy (non-hydrogen) atoms. The third kappa shape index (κ3) is 3.57. The summed E-state index contributed by atoms with van der Waals surface area (Å²) in [6, 6.07) is 12.3. The summed E-state index contributed by atoms with van der Waals surface area (Å²) in [5.74, 6) is -0.772. The fraction of sp³-hybridized carbons (Fsp3) is 0.118. The second-order valence-corrected chi connectivity index (χ2v) is 5.34. The van der Waals surface area contributed by atoms with Crippen LogP contribution in [0.2, 0.25) is 0 Å². The summed E-state index contributed by atoms with van der Waals surface area (Å²) in [4.78, 5) is 25.4. The Bertz CT molecular complexity index is 939. The number of anilines is 1. The van der Waals surface area contributed by atoms with Crippen molar-refractivity contribution in [1.29, 1.82) is 0 Å². The van der Waals surface area contributed by atoms with Crippen LogP contribution in [-0.2, 0) is 0 Å². The normalized spacial score (nSPS) is 10.6. The fourth-order valence-electron chi connectivity index (χ4n) is 2.49. The highest BCUT2D eigenvalue weighted by atomic mass is 19.1. The van der Waals surface area contributed by atoms with Gasteiger partial charge in [0.25, 0.3) is 11.6 Å². The number of hydrogen-bond acceptors (Lipinski definition) is 4. The van der Waals surface area contributed by atoms with Gasteiger partial charge in [-0.3, -0.25) is 14.9 Å². The minimum absolute atomic E-state index is 0.0279. The highest BCUT2D eigenvalue weighted by Crippen LogP contribution is 2.22. The second-order valence-electron chi connectivity index (χ2n) is 5.34. The molecule has 0 saturated carbocycles. The van der Waals surface area contributed by atoms with Crippen LogP contribution in [0.3, 0.4) is 0 Å². The van der Waals surface area contributed by atoms with Gasteiger partial charge < -0.3 is 15.6 Å². The maximum atomic E-state index is 13.6. The molecule has 3 rings (SSSR count).